The van der Waals surface area contributed by atoms with Crippen molar-refractivity contribution in [1.82, 2.24) is 5.32 Å². The zero-order valence-electron chi connectivity index (χ0n) is 12.0. The summed E-state index contributed by atoms with van der Waals surface area (Å²) in [5, 5.41) is 2.84. The summed E-state index contributed by atoms with van der Waals surface area (Å²) in [5.41, 5.74) is 0.0645. The number of hydrogen-bond acceptors (Lipinski definition) is 4. The number of ether oxygens (including phenoxy) is 1. The van der Waals surface area contributed by atoms with Crippen LogP contribution in [0.2, 0.25) is 0 Å². The fraction of sp³-hybridized carbons (Fsp3) is 0.467. The third-order valence-electron chi connectivity index (χ3n) is 3.44. The molecule has 1 unspecified atom stereocenters. The lowest BCUT2D eigenvalue weighted by Crippen LogP contribution is -2.39. The Morgan fingerprint density at radius 2 is 1.96 bits per heavy atom. The van der Waals surface area contributed by atoms with Gasteiger partial charge in [0, 0.05) is 10.0 Å². The van der Waals surface area contributed by atoms with Crippen molar-refractivity contribution >= 4 is 27.7 Å². The molecule has 2 atom stereocenters. The second-order valence-corrected chi connectivity index (χ2v) is 6.18. The Hall–Kier alpha value is -1.41. The molecule has 0 spiro atoms. The number of halogens is 4. The summed E-state index contributed by atoms with van der Waals surface area (Å²) in [6, 6.07) is 5.20. The molecule has 1 aliphatic heterocycles. The van der Waals surface area contributed by atoms with Crippen LogP contribution >= 0.6 is 15.9 Å². The number of nitrogens with one attached hydrogen (secondary N) is 1. The van der Waals surface area contributed by atoms with Gasteiger partial charge in [-0.25, -0.2) is 0 Å². The summed E-state index contributed by atoms with van der Waals surface area (Å²) in [6.07, 6.45) is -6.75. The van der Waals surface area contributed by atoms with Crippen molar-refractivity contribution in [2.75, 3.05) is 6.54 Å². The van der Waals surface area contributed by atoms with Crippen LogP contribution in [-0.4, -0.2) is 36.6 Å². The molecule has 0 amide bonds. The van der Waals surface area contributed by atoms with Crippen molar-refractivity contribution < 1.29 is 27.5 Å². The second-order valence-electron chi connectivity index (χ2n) is 5.26. The molecule has 0 saturated carbocycles. The maximum Gasteiger partial charge on any atom is 0.393 e. The number of benzene rings is 1. The Balaban J connectivity index is 2.14. The first-order chi connectivity index (χ1) is 10.8. The number of hydrogen-bond donors (Lipinski definition) is 1. The Kier molecular flexibility index (Phi) is 5.80. The monoisotopic (exact) mass is 393 g/mol. The summed E-state index contributed by atoms with van der Waals surface area (Å²) in [7, 11) is 0. The molecule has 0 bridgehead atoms. The van der Waals surface area contributed by atoms with E-state index in [-0.39, 0.29) is 5.56 Å². The molecule has 1 aromatic carbocycles. The van der Waals surface area contributed by atoms with E-state index >= 15 is 0 Å². The smallest absolute Gasteiger partial charge is 0.393 e. The predicted octanol–water partition coefficient (Wildman–Crippen LogP) is 3.25. The number of Topliss-reactive ketones (excluding diaryl/α,β-unsaturated/α-hetero) is 1. The lowest BCUT2D eigenvalue weighted by atomic mass is 10.0. The standard InChI is InChI=1S/C15H15BrF3NO3/c16-10-5-3-9(4-6-10)13(21)12(8-15(17,18)19)23-14(22)11-2-1-7-20-11/h3-6,11-12,20H,1-2,7-8H2/t11-,12?/m0/s1. The van der Waals surface area contributed by atoms with Crippen LogP contribution < -0.4 is 5.32 Å². The number of alkyl halides is 3. The summed E-state index contributed by atoms with van der Waals surface area (Å²) < 4.78 is 43.7. The molecule has 2 rings (SSSR count). The third-order valence-corrected chi connectivity index (χ3v) is 3.97. The van der Waals surface area contributed by atoms with Crippen LogP contribution in [0.3, 0.4) is 0 Å². The minimum atomic E-state index is -4.61. The van der Waals surface area contributed by atoms with Crippen molar-refractivity contribution in [3.8, 4) is 0 Å². The summed E-state index contributed by atoms with van der Waals surface area (Å²) in [5.74, 6) is -1.68. The van der Waals surface area contributed by atoms with E-state index in [1.54, 1.807) is 0 Å². The Labute approximate surface area is 139 Å². The van der Waals surface area contributed by atoms with Gasteiger partial charge in [-0.05, 0) is 31.5 Å². The maximum atomic E-state index is 12.7. The van der Waals surface area contributed by atoms with Crippen molar-refractivity contribution in [2.24, 2.45) is 0 Å². The highest BCUT2D eigenvalue weighted by molar-refractivity contribution is 9.10. The first-order valence-corrected chi connectivity index (χ1v) is 7.86. The number of rotatable bonds is 5. The first-order valence-electron chi connectivity index (χ1n) is 7.06. The number of carbonyl (C=O) groups excluding carboxylic acids is 2. The largest absolute Gasteiger partial charge is 0.452 e. The summed E-state index contributed by atoms with van der Waals surface area (Å²) in [4.78, 5) is 24.2. The van der Waals surface area contributed by atoms with Gasteiger partial charge in [0.15, 0.2) is 6.10 Å². The van der Waals surface area contributed by atoms with Gasteiger partial charge in [0.1, 0.15) is 6.04 Å². The molecule has 8 heteroatoms. The van der Waals surface area contributed by atoms with E-state index in [1.807, 2.05) is 0 Å². The average Bonchev–Trinajstić information content (AvgIpc) is 2.99. The van der Waals surface area contributed by atoms with Crippen LogP contribution in [-0.2, 0) is 9.53 Å². The van der Waals surface area contributed by atoms with Crippen molar-refractivity contribution in [2.45, 2.75) is 37.6 Å². The Morgan fingerprint density at radius 1 is 1.30 bits per heavy atom. The second kappa shape index (κ2) is 7.44. The molecule has 1 saturated heterocycles. The van der Waals surface area contributed by atoms with E-state index in [1.165, 1.54) is 24.3 Å². The van der Waals surface area contributed by atoms with E-state index < -0.39 is 36.5 Å². The zero-order valence-corrected chi connectivity index (χ0v) is 13.6. The molecule has 126 valence electrons. The Morgan fingerprint density at radius 3 is 2.48 bits per heavy atom. The highest BCUT2D eigenvalue weighted by atomic mass is 79.9. The van der Waals surface area contributed by atoms with E-state index in [0.29, 0.717) is 17.4 Å². The molecule has 0 aromatic heterocycles. The molecule has 1 heterocycles. The van der Waals surface area contributed by atoms with Gasteiger partial charge >= 0.3 is 12.1 Å². The van der Waals surface area contributed by atoms with Crippen molar-refractivity contribution in [3.63, 3.8) is 0 Å². The zero-order chi connectivity index (χ0) is 17.0. The van der Waals surface area contributed by atoms with E-state index in [9.17, 15) is 22.8 Å². The number of ketones is 1. The average molecular weight is 394 g/mol. The van der Waals surface area contributed by atoms with Gasteiger partial charge in [0.2, 0.25) is 5.78 Å². The van der Waals surface area contributed by atoms with Crippen LogP contribution in [0.4, 0.5) is 13.2 Å². The lowest BCUT2D eigenvalue weighted by Gasteiger charge is -2.20. The number of carbonyl (C=O) groups is 2. The topological polar surface area (TPSA) is 55.4 Å². The van der Waals surface area contributed by atoms with Gasteiger partial charge in [-0.2, -0.15) is 13.2 Å². The van der Waals surface area contributed by atoms with Crippen molar-refractivity contribution in [3.05, 3.63) is 34.3 Å². The molecule has 1 aromatic rings. The van der Waals surface area contributed by atoms with Gasteiger partial charge < -0.3 is 10.1 Å². The summed E-state index contributed by atoms with van der Waals surface area (Å²) >= 11 is 3.18. The molecule has 1 aliphatic rings. The molecular formula is C15H15BrF3NO3. The van der Waals surface area contributed by atoms with Gasteiger partial charge in [-0.3, -0.25) is 9.59 Å². The molecule has 1 fully saturated rings. The fourth-order valence-corrected chi connectivity index (χ4v) is 2.57. The van der Waals surface area contributed by atoms with Crippen LogP contribution in [0.1, 0.15) is 29.6 Å². The normalized spacial score (nSPS) is 19.4. The minimum absolute atomic E-state index is 0.0645. The SMILES string of the molecule is O=C(c1ccc(Br)cc1)C(CC(F)(F)F)OC(=O)[C@@H]1CCCN1. The van der Waals surface area contributed by atoms with Gasteiger partial charge in [0.05, 0.1) is 6.42 Å². The predicted molar refractivity (Wildman–Crippen MR) is 80.0 cm³/mol. The minimum Gasteiger partial charge on any atom is -0.452 e. The van der Waals surface area contributed by atoms with E-state index in [4.69, 9.17) is 4.74 Å². The fourth-order valence-electron chi connectivity index (χ4n) is 2.31. The highest BCUT2D eigenvalue weighted by Crippen LogP contribution is 2.26. The van der Waals surface area contributed by atoms with E-state index in [0.717, 1.165) is 6.42 Å². The molecule has 0 radical (unpaired) electrons. The molecule has 4 nitrogen and oxygen atoms in total. The van der Waals surface area contributed by atoms with Gasteiger partial charge in [0.25, 0.3) is 0 Å². The molecule has 1 N–H and O–H groups in total. The third kappa shape index (κ3) is 5.31. The number of esters is 1. The maximum absolute atomic E-state index is 12.7. The Bertz CT molecular complexity index is 568. The van der Waals surface area contributed by atoms with Crippen LogP contribution in [0, 0.1) is 0 Å². The molecule has 0 aliphatic carbocycles. The van der Waals surface area contributed by atoms with Gasteiger partial charge in [-0.15, -0.1) is 0 Å². The van der Waals surface area contributed by atoms with Gasteiger partial charge in [-0.1, -0.05) is 28.1 Å². The first kappa shape index (κ1) is 17.9. The summed E-state index contributed by atoms with van der Waals surface area (Å²) in [6.45, 7) is 0.602. The van der Waals surface area contributed by atoms with E-state index in [2.05, 4.69) is 21.2 Å². The molecule has 23 heavy (non-hydrogen) atoms. The van der Waals surface area contributed by atoms with Crippen LogP contribution in [0.15, 0.2) is 28.7 Å². The lowest BCUT2D eigenvalue weighted by molar-refractivity contribution is -0.168. The molecular weight excluding hydrogens is 379 g/mol. The quantitative estimate of drug-likeness (QED) is 0.616. The van der Waals surface area contributed by atoms with Crippen LogP contribution in [0.5, 0.6) is 0 Å². The van der Waals surface area contributed by atoms with Crippen molar-refractivity contribution in [1.29, 1.82) is 0 Å². The van der Waals surface area contributed by atoms with Crippen LogP contribution in [0.25, 0.3) is 0 Å². The highest BCUT2D eigenvalue weighted by Gasteiger charge is 2.39.